The molecule has 328 valence electrons. The van der Waals surface area contributed by atoms with Gasteiger partial charge in [0, 0.05) is 12.8 Å². The highest BCUT2D eigenvalue weighted by atomic mass is 31.2. The first-order valence-electron chi connectivity index (χ1n) is 21.8. The summed E-state index contributed by atoms with van der Waals surface area (Å²) in [5.74, 6) is -0.965. The van der Waals surface area contributed by atoms with Crippen molar-refractivity contribution in [3.05, 3.63) is 72.9 Å². The van der Waals surface area contributed by atoms with Crippen molar-refractivity contribution in [3.63, 3.8) is 0 Å². The molecule has 10 nitrogen and oxygen atoms in total. The van der Waals surface area contributed by atoms with E-state index in [2.05, 4.69) is 44.2 Å². The van der Waals surface area contributed by atoms with E-state index in [1.165, 1.54) is 44.9 Å². The van der Waals surface area contributed by atoms with Crippen LogP contribution < -0.4 is 4.89 Å². The number of aliphatic hydroxyl groups is 1. The van der Waals surface area contributed by atoms with Crippen LogP contribution in [-0.2, 0) is 32.7 Å². The van der Waals surface area contributed by atoms with Crippen molar-refractivity contribution < 1.29 is 47.2 Å². The molecule has 0 saturated heterocycles. The van der Waals surface area contributed by atoms with E-state index in [1.54, 1.807) is 6.08 Å². The second-order valence-electron chi connectivity index (χ2n) is 15.5. The Morgan fingerprint density at radius 3 is 1.82 bits per heavy atom. The lowest BCUT2D eigenvalue weighted by Crippen LogP contribution is -2.37. The van der Waals surface area contributed by atoms with Crippen LogP contribution in [0, 0.1) is 0 Å². The Labute approximate surface area is 347 Å². The number of carbonyl (C=O) groups is 2. The number of rotatable bonds is 38. The van der Waals surface area contributed by atoms with Gasteiger partial charge in [-0.1, -0.05) is 132 Å². The fourth-order valence-electron chi connectivity index (χ4n) is 5.28. The summed E-state index contributed by atoms with van der Waals surface area (Å²) in [6, 6.07) is 0. The number of phosphoric acid groups is 1. The Hall–Kier alpha value is -2.59. The molecule has 0 bridgehead atoms. The van der Waals surface area contributed by atoms with Gasteiger partial charge in [0.2, 0.25) is 0 Å². The first kappa shape index (κ1) is 54.4. The van der Waals surface area contributed by atoms with Crippen LogP contribution in [0.2, 0.25) is 0 Å². The van der Waals surface area contributed by atoms with E-state index in [0.717, 1.165) is 44.9 Å². The van der Waals surface area contributed by atoms with E-state index in [-0.39, 0.29) is 26.1 Å². The molecule has 0 saturated carbocycles. The smallest absolute Gasteiger partial charge is 0.306 e. The third-order valence-corrected chi connectivity index (χ3v) is 9.74. The standard InChI is InChI=1S/C46H80NO9P/c1-6-8-10-12-14-15-16-17-18-19-20-21-25-29-33-37-45(49)53-41-44(42-55-57(51,52)54-40-39-47(3,4)5)56-46(50)38-34-30-26-22-24-28-32-36-43(48)35-31-27-23-13-11-9-7-2/h14-15,17-18,22-23,26-28,31-32,35,43-44,48H,6-13,16,19-21,24-25,29-30,33-34,36-42H2,1-5H3/b15-14-,18-17-,26-22+,27-23-,32-28-,35-31-/t43-,44+/m0/s1. The van der Waals surface area contributed by atoms with Crippen molar-refractivity contribution in [2.75, 3.05) is 47.5 Å². The van der Waals surface area contributed by atoms with Gasteiger partial charge in [-0.15, -0.1) is 0 Å². The Balaban J connectivity index is 4.57. The molecule has 1 N–H and O–H groups in total. The molecule has 0 fully saturated rings. The van der Waals surface area contributed by atoms with Crippen LogP contribution in [0.1, 0.15) is 149 Å². The van der Waals surface area contributed by atoms with Crippen molar-refractivity contribution in [3.8, 4) is 0 Å². The summed E-state index contributed by atoms with van der Waals surface area (Å²) in [6.07, 6.45) is 42.4. The van der Waals surface area contributed by atoms with E-state index >= 15 is 0 Å². The molecule has 0 aromatic rings. The zero-order chi connectivity index (χ0) is 42.3. The number of quaternary nitrogens is 1. The molecule has 0 aliphatic carbocycles. The highest BCUT2D eigenvalue weighted by Crippen LogP contribution is 2.38. The number of hydrogen-bond donors (Lipinski definition) is 1. The molecule has 57 heavy (non-hydrogen) atoms. The van der Waals surface area contributed by atoms with Crippen molar-refractivity contribution in [2.24, 2.45) is 0 Å². The molecule has 0 aliphatic rings. The Morgan fingerprint density at radius 2 is 1.19 bits per heavy atom. The second kappa shape index (κ2) is 37.7. The first-order valence-corrected chi connectivity index (χ1v) is 23.2. The maximum atomic E-state index is 12.7. The molecule has 0 amide bonds. The molecule has 1 unspecified atom stereocenters. The van der Waals surface area contributed by atoms with Crippen molar-refractivity contribution in [2.45, 2.75) is 161 Å². The average molecular weight is 822 g/mol. The molecule has 0 aromatic heterocycles. The number of hydrogen-bond acceptors (Lipinski definition) is 9. The van der Waals surface area contributed by atoms with Gasteiger partial charge in [0.15, 0.2) is 6.10 Å². The minimum absolute atomic E-state index is 0.0585. The largest absolute Gasteiger partial charge is 0.756 e. The number of phosphoric ester groups is 1. The predicted octanol–water partition coefficient (Wildman–Crippen LogP) is 10.6. The Bertz CT molecular complexity index is 1220. The van der Waals surface area contributed by atoms with Gasteiger partial charge < -0.3 is 33.0 Å². The Morgan fingerprint density at radius 1 is 0.649 bits per heavy atom. The number of carbonyl (C=O) groups excluding carboxylic acids is 2. The van der Waals surface area contributed by atoms with Gasteiger partial charge in [-0.25, -0.2) is 0 Å². The third kappa shape index (κ3) is 41.4. The van der Waals surface area contributed by atoms with Gasteiger partial charge in [0.1, 0.15) is 19.8 Å². The third-order valence-electron chi connectivity index (χ3n) is 8.78. The molecule has 0 rings (SSSR count). The molecular formula is C46H80NO9P. The van der Waals surface area contributed by atoms with Crippen molar-refractivity contribution >= 4 is 19.8 Å². The van der Waals surface area contributed by atoms with Crippen LogP contribution in [0.4, 0.5) is 0 Å². The number of aliphatic hydroxyl groups excluding tert-OH is 1. The lowest BCUT2D eigenvalue weighted by atomic mass is 10.1. The SMILES string of the molecule is CCCCC/C=C\C=C/[C@H](O)C/C=C\C/C=C/CCCC(=O)O[C@H](COC(=O)CCCCCCC/C=C\C/C=C\CCCCC)COP(=O)([O-])OCC[N+](C)(C)C. The average Bonchev–Trinajstić information content (AvgIpc) is 3.15. The van der Waals surface area contributed by atoms with Crippen molar-refractivity contribution in [1.82, 2.24) is 0 Å². The zero-order valence-corrected chi connectivity index (χ0v) is 37.3. The van der Waals surface area contributed by atoms with Gasteiger partial charge in [0.25, 0.3) is 7.82 Å². The van der Waals surface area contributed by atoms with Crippen LogP contribution in [0.3, 0.4) is 0 Å². The fourth-order valence-corrected chi connectivity index (χ4v) is 6.01. The maximum absolute atomic E-state index is 12.7. The van der Waals surface area contributed by atoms with Gasteiger partial charge in [-0.3, -0.25) is 14.2 Å². The number of unbranched alkanes of at least 4 members (excludes halogenated alkanes) is 12. The summed E-state index contributed by atoms with van der Waals surface area (Å²) < 4.78 is 33.7. The summed E-state index contributed by atoms with van der Waals surface area (Å²) in [7, 11) is 1.07. The zero-order valence-electron chi connectivity index (χ0n) is 36.4. The Kier molecular flexibility index (Phi) is 36.0. The van der Waals surface area contributed by atoms with Gasteiger partial charge in [-0.2, -0.15) is 0 Å². The topological polar surface area (TPSA) is 131 Å². The highest BCUT2D eigenvalue weighted by molar-refractivity contribution is 7.45. The number of nitrogens with zero attached hydrogens (tertiary/aromatic N) is 1. The monoisotopic (exact) mass is 822 g/mol. The maximum Gasteiger partial charge on any atom is 0.306 e. The van der Waals surface area contributed by atoms with E-state index in [9.17, 15) is 24.2 Å². The fraction of sp³-hybridized carbons (Fsp3) is 0.696. The van der Waals surface area contributed by atoms with Gasteiger partial charge >= 0.3 is 11.9 Å². The molecule has 0 radical (unpaired) electrons. The molecule has 0 aliphatic heterocycles. The lowest BCUT2D eigenvalue weighted by Gasteiger charge is -2.28. The van der Waals surface area contributed by atoms with E-state index in [4.69, 9.17) is 18.5 Å². The second-order valence-corrected chi connectivity index (χ2v) is 17.0. The summed E-state index contributed by atoms with van der Waals surface area (Å²) in [4.78, 5) is 37.5. The number of allylic oxidation sites excluding steroid dienone is 10. The predicted molar refractivity (Wildman–Crippen MR) is 232 cm³/mol. The minimum Gasteiger partial charge on any atom is -0.756 e. The first-order chi connectivity index (χ1) is 27.4. The summed E-state index contributed by atoms with van der Waals surface area (Å²) >= 11 is 0. The number of esters is 2. The lowest BCUT2D eigenvalue weighted by molar-refractivity contribution is -0.870. The molecular weight excluding hydrogens is 741 g/mol. The molecule has 11 heteroatoms. The number of ether oxygens (including phenoxy) is 2. The quantitative estimate of drug-likeness (QED) is 0.0161. The normalized spacial score (nSPS) is 14.9. The van der Waals surface area contributed by atoms with Crippen LogP contribution in [0.25, 0.3) is 0 Å². The molecule has 0 spiro atoms. The van der Waals surface area contributed by atoms with Crippen LogP contribution >= 0.6 is 7.82 Å². The molecule has 0 heterocycles. The van der Waals surface area contributed by atoms with E-state index < -0.39 is 38.6 Å². The molecule has 3 atom stereocenters. The molecule has 0 aromatic carbocycles. The highest BCUT2D eigenvalue weighted by Gasteiger charge is 2.21. The van der Waals surface area contributed by atoms with Gasteiger partial charge in [-0.05, 0) is 77.0 Å². The minimum atomic E-state index is -4.66. The summed E-state index contributed by atoms with van der Waals surface area (Å²) in [6.45, 7) is 3.97. The summed E-state index contributed by atoms with van der Waals surface area (Å²) in [5, 5.41) is 10.1. The van der Waals surface area contributed by atoms with Crippen LogP contribution in [-0.4, -0.2) is 81.2 Å². The van der Waals surface area contributed by atoms with Crippen LogP contribution in [0.5, 0.6) is 0 Å². The van der Waals surface area contributed by atoms with E-state index in [0.29, 0.717) is 43.1 Å². The van der Waals surface area contributed by atoms with E-state index in [1.807, 2.05) is 57.6 Å². The van der Waals surface area contributed by atoms with Gasteiger partial charge in [0.05, 0.1) is 33.9 Å². The number of likely N-dealkylation sites (N-methyl/N-ethyl adjacent to an activating group) is 1. The van der Waals surface area contributed by atoms with Crippen molar-refractivity contribution in [1.29, 1.82) is 0 Å². The van der Waals surface area contributed by atoms with Crippen LogP contribution in [0.15, 0.2) is 72.9 Å². The summed E-state index contributed by atoms with van der Waals surface area (Å²) in [5.41, 5.74) is 0.